The topological polar surface area (TPSA) is 51.8 Å². The second kappa shape index (κ2) is 4.77. The summed E-state index contributed by atoms with van der Waals surface area (Å²) in [6, 6.07) is 7.42. The Morgan fingerprint density at radius 2 is 2.06 bits per heavy atom. The molecule has 0 saturated heterocycles. The van der Waals surface area contributed by atoms with Gasteiger partial charge in [0.2, 0.25) is 0 Å². The number of benzene rings is 1. The van der Waals surface area contributed by atoms with Crippen LogP contribution in [0.3, 0.4) is 0 Å². The molecule has 2 N–H and O–H groups in total. The summed E-state index contributed by atoms with van der Waals surface area (Å²) in [4.78, 5) is 8.07. The Balaban J connectivity index is 2.36. The molecule has 4 heteroatoms. The predicted octanol–water partition coefficient (Wildman–Crippen LogP) is 2.59. The quantitative estimate of drug-likeness (QED) is 0.864. The minimum Gasteiger partial charge on any atom is -0.398 e. The van der Waals surface area contributed by atoms with Crippen LogP contribution < -0.4 is 5.73 Å². The smallest absolute Gasteiger partial charge is 0.0833 e. The molecule has 0 aliphatic heterocycles. The number of rotatable bonds is 2. The SMILES string of the molecule is N/C(=C\c1cnccn1)c1ccccc1Cl. The number of nitrogens with zero attached hydrogens (tertiary/aromatic N) is 2. The van der Waals surface area contributed by atoms with Gasteiger partial charge in [0.25, 0.3) is 0 Å². The summed E-state index contributed by atoms with van der Waals surface area (Å²) in [5, 5.41) is 0.625. The number of hydrogen-bond acceptors (Lipinski definition) is 3. The van der Waals surface area contributed by atoms with E-state index in [9.17, 15) is 0 Å². The summed E-state index contributed by atoms with van der Waals surface area (Å²) in [7, 11) is 0. The van der Waals surface area contributed by atoms with Crippen LogP contribution in [0.1, 0.15) is 11.3 Å². The van der Waals surface area contributed by atoms with Crippen LogP contribution in [0.4, 0.5) is 0 Å². The lowest BCUT2D eigenvalue weighted by Crippen LogP contribution is -1.97. The Labute approximate surface area is 98.6 Å². The van der Waals surface area contributed by atoms with Gasteiger partial charge in [0.1, 0.15) is 0 Å². The Kier molecular flexibility index (Phi) is 3.17. The van der Waals surface area contributed by atoms with Crippen molar-refractivity contribution in [3.8, 4) is 0 Å². The van der Waals surface area contributed by atoms with E-state index in [2.05, 4.69) is 9.97 Å². The van der Waals surface area contributed by atoms with E-state index in [1.165, 1.54) is 0 Å². The summed E-state index contributed by atoms with van der Waals surface area (Å²) in [6.45, 7) is 0. The third-order valence-corrected chi connectivity index (χ3v) is 2.40. The maximum absolute atomic E-state index is 6.03. The molecule has 0 aliphatic rings. The maximum atomic E-state index is 6.03. The minimum atomic E-state index is 0.575. The van der Waals surface area contributed by atoms with Crippen LogP contribution in [-0.4, -0.2) is 9.97 Å². The van der Waals surface area contributed by atoms with E-state index in [1.54, 1.807) is 30.7 Å². The number of nitrogens with two attached hydrogens (primary N) is 1. The van der Waals surface area contributed by atoms with Crippen molar-refractivity contribution in [3.05, 3.63) is 59.1 Å². The molecule has 3 nitrogen and oxygen atoms in total. The average molecular weight is 232 g/mol. The lowest BCUT2D eigenvalue weighted by molar-refractivity contribution is 1.18. The molecule has 0 radical (unpaired) electrons. The van der Waals surface area contributed by atoms with Gasteiger partial charge in [-0.3, -0.25) is 9.97 Å². The molecule has 0 spiro atoms. The molecule has 80 valence electrons. The van der Waals surface area contributed by atoms with Gasteiger partial charge in [0.05, 0.1) is 11.9 Å². The summed E-state index contributed by atoms with van der Waals surface area (Å²) in [6.07, 6.45) is 6.62. The first-order chi connectivity index (χ1) is 7.77. The average Bonchev–Trinajstić information content (AvgIpc) is 2.31. The van der Waals surface area contributed by atoms with Crippen LogP contribution in [0.2, 0.25) is 5.02 Å². The number of aromatic nitrogens is 2. The second-order valence-electron chi connectivity index (χ2n) is 3.21. The first-order valence-electron chi connectivity index (χ1n) is 4.75. The monoisotopic (exact) mass is 231 g/mol. The molecule has 0 atom stereocenters. The summed E-state index contributed by atoms with van der Waals surface area (Å²) < 4.78 is 0. The molecule has 16 heavy (non-hydrogen) atoms. The largest absolute Gasteiger partial charge is 0.398 e. The summed E-state index contributed by atoms with van der Waals surface area (Å²) in [5.41, 5.74) is 8.02. The molecule has 1 heterocycles. The highest BCUT2D eigenvalue weighted by atomic mass is 35.5. The molecular formula is C12H10ClN3. The maximum Gasteiger partial charge on any atom is 0.0833 e. The normalized spacial score (nSPS) is 11.4. The lowest BCUT2D eigenvalue weighted by Gasteiger charge is -2.03. The van der Waals surface area contributed by atoms with E-state index >= 15 is 0 Å². The molecule has 2 rings (SSSR count). The van der Waals surface area contributed by atoms with Crippen LogP contribution in [0.25, 0.3) is 11.8 Å². The zero-order valence-corrected chi connectivity index (χ0v) is 9.22. The van der Waals surface area contributed by atoms with E-state index in [4.69, 9.17) is 17.3 Å². The summed E-state index contributed by atoms with van der Waals surface area (Å²) >= 11 is 6.03. The van der Waals surface area contributed by atoms with Crippen molar-refractivity contribution in [2.45, 2.75) is 0 Å². The van der Waals surface area contributed by atoms with Crippen molar-refractivity contribution in [3.63, 3.8) is 0 Å². The van der Waals surface area contributed by atoms with E-state index in [-0.39, 0.29) is 0 Å². The van der Waals surface area contributed by atoms with Gasteiger partial charge in [0.15, 0.2) is 0 Å². The van der Waals surface area contributed by atoms with Crippen molar-refractivity contribution in [1.82, 2.24) is 9.97 Å². The Bertz CT molecular complexity index is 509. The molecule has 0 unspecified atom stereocenters. The third kappa shape index (κ3) is 2.38. The van der Waals surface area contributed by atoms with Crippen molar-refractivity contribution in [1.29, 1.82) is 0 Å². The fraction of sp³-hybridized carbons (Fsp3) is 0. The van der Waals surface area contributed by atoms with E-state index < -0.39 is 0 Å². The Morgan fingerprint density at radius 3 is 2.75 bits per heavy atom. The van der Waals surface area contributed by atoms with E-state index in [0.717, 1.165) is 5.56 Å². The number of halogens is 1. The Morgan fingerprint density at radius 1 is 1.25 bits per heavy atom. The van der Waals surface area contributed by atoms with Gasteiger partial charge in [-0.2, -0.15) is 0 Å². The zero-order chi connectivity index (χ0) is 11.4. The predicted molar refractivity (Wildman–Crippen MR) is 65.5 cm³/mol. The van der Waals surface area contributed by atoms with Gasteiger partial charge in [-0.05, 0) is 12.1 Å². The molecular weight excluding hydrogens is 222 g/mol. The highest BCUT2D eigenvalue weighted by Crippen LogP contribution is 2.21. The highest BCUT2D eigenvalue weighted by Gasteiger charge is 2.01. The zero-order valence-electron chi connectivity index (χ0n) is 8.47. The fourth-order valence-electron chi connectivity index (χ4n) is 1.32. The molecule has 0 aliphatic carbocycles. The van der Waals surface area contributed by atoms with Crippen molar-refractivity contribution in [2.75, 3.05) is 0 Å². The summed E-state index contributed by atoms with van der Waals surface area (Å²) in [5.74, 6) is 0. The third-order valence-electron chi connectivity index (χ3n) is 2.07. The van der Waals surface area contributed by atoms with Gasteiger partial charge < -0.3 is 5.73 Å². The first-order valence-corrected chi connectivity index (χ1v) is 5.13. The molecule has 0 saturated carbocycles. The van der Waals surface area contributed by atoms with Crippen LogP contribution in [0.15, 0.2) is 42.9 Å². The highest BCUT2D eigenvalue weighted by molar-refractivity contribution is 6.32. The molecule has 1 aromatic heterocycles. The van der Waals surface area contributed by atoms with Crippen molar-refractivity contribution < 1.29 is 0 Å². The lowest BCUT2D eigenvalue weighted by atomic mass is 10.1. The second-order valence-corrected chi connectivity index (χ2v) is 3.62. The van der Waals surface area contributed by atoms with E-state index in [0.29, 0.717) is 16.4 Å². The van der Waals surface area contributed by atoms with Gasteiger partial charge in [0, 0.05) is 28.7 Å². The molecule has 0 bridgehead atoms. The standard InChI is InChI=1S/C12H10ClN3/c13-11-4-2-1-3-10(11)12(14)7-9-8-15-5-6-16-9/h1-8H,14H2/b12-7-. The number of hydrogen-bond donors (Lipinski definition) is 1. The van der Waals surface area contributed by atoms with Gasteiger partial charge in [-0.25, -0.2) is 0 Å². The van der Waals surface area contributed by atoms with Gasteiger partial charge in [-0.1, -0.05) is 29.8 Å². The molecule has 0 amide bonds. The van der Waals surface area contributed by atoms with Crippen LogP contribution >= 0.6 is 11.6 Å². The molecule has 1 aromatic carbocycles. The van der Waals surface area contributed by atoms with Gasteiger partial charge >= 0.3 is 0 Å². The van der Waals surface area contributed by atoms with Crippen molar-refractivity contribution in [2.24, 2.45) is 5.73 Å². The fourth-order valence-corrected chi connectivity index (χ4v) is 1.56. The van der Waals surface area contributed by atoms with E-state index in [1.807, 2.05) is 18.2 Å². The first kappa shape index (κ1) is 10.6. The van der Waals surface area contributed by atoms with Crippen LogP contribution in [0.5, 0.6) is 0 Å². The van der Waals surface area contributed by atoms with Crippen molar-refractivity contribution >= 4 is 23.4 Å². The minimum absolute atomic E-state index is 0.575. The van der Waals surface area contributed by atoms with Crippen LogP contribution in [-0.2, 0) is 0 Å². The molecule has 0 fully saturated rings. The van der Waals surface area contributed by atoms with Gasteiger partial charge in [-0.15, -0.1) is 0 Å². The molecule has 2 aromatic rings. The van der Waals surface area contributed by atoms with Crippen LogP contribution in [0, 0.1) is 0 Å². The Hall–Kier alpha value is -1.87.